The van der Waals surface area contributed by atoms with Gasteiger partial charge in [-0.05, 0) is 30.5 Å². The fourth-order valence-electron chi connectivity index (χ4n) is 2.28. The minimum atomic E-state index is -0.148. The van der Waals surface area contributed by atoms with Gasteiger partial charge in [0.05, 0.1) is 7.11 Å². The SMILES string of the molecule is COC(=O)C1CCCN1c1ccc(CN)cc1. The summed E-state index contributed by atoms with van der Waals surface area (Å²) in [5.74, 6) is -0.148. The maximum Gasteiger partial charge on any atom is 0.328 e. The molecule has 0 amide bonds. The van der Waals surface area contributed by atoms with Gasteiger partial charge in [0.2, 0.25) is 0 Å². The predicted octanol–water partition coefficient (Wildman–Crippen LogP) is 1.29. The van der Waals surface area contributed by atoms with Crippen LogP contribution >= 0.6 is 0 Å². The number of carbonyl (C=O) groups excluding carboxylic acids is 1. The standard InChI is InChI=1S/C13H18N2O2/c1-17-13(16)12-3-2-8-15(12)11-6-4-10(9-14)5-7-11/h4-7,12H,2-3,8-9,14H2,1H3. The van der Waals surface area contributed by atoms with Gasteiger partial charge in [-0.1, -0.05) is 12.1 Å². The van der Waals surface area contributed by atoms with Gasteiger partial charge in [0.25, 0.3) is 0 Å². The fraction of sp³-hybridized carbons (Fsp3) is 0.462. The first kappa shape index (κ1) is 11.9. The maximum absolute atomic E-state index is 11.6. The highest BCUT2D eigenvalue weighted by molar-refractivity contribution is 5.80. The second-order valence-electron chi connectivity index (χ2n) is 4.25. The highest BCUT2D eigenvalue weighted by Gasteiger charge is 2.31. The summed E-state index contributed by atoms with van der Waals surface area (Å²) in [6.07, 6.45) is 1.89. The Labute approximate surface area is 101 Å². The summed E-state index contributed by atoms with van der Waals surface area (Å²) in [6.45, 7) is 1.45. The first-order valence-electron chi connectivity index (χ1n) is 5.89. The van der Waals surface area contributed by atoms with Crippen molar-refractivity contribution in [3.05, 3.63) is 29.8 Å². The van der Waals surface area contributed by atoms with Gasteiger partial charge in [-0.15, -0.1) is 0 Å². The fourth-order valence-corrected chi connectivity index (χ4v) is 2.28. The van der Waals surface area contributed by atoms with E-state index in [0.717, 1.165) is 30.6 Å². The molecule has 0 radical (unpaired) electrons. The molecular formula is C13H18N2O2. The number of hydrogen-bond donors (Lipinski definition) is 1. The molecular weight excluding hydrogens is 216 g/mol. The number of nitrogens with two attached hydrogens (primary N) is 1. The van der Waals surface area contributed by atoms with Crippen molar-refractivity contribution in [1.29, 1.82) is 0 Å². The highest BCUT2D eigenvalue weighted by Crippen LogP contribution is 2.26. The molecule has 4 nitrogen and oxygen atoms in total. The molecule has 2 N–H and O–H groups in total. The molecule has 1 aromatic carbocycles. The minimum Gasteiger partial charge on any atom is -0.467 e. The van der Waals surface area contributed by atoms with Gasteiger partial charge in [0, 0.05) is 18.8 Å². The van der Waals surface area contributed by atoms with Crippen LogP contribution in [0.2, 0.25) is 0 Å². The third-order valence-corrected chi connectivity index (χ3v) is 3.23. The van der Waals surface area contributed by atoms with Crippen LogP contribution in [0.4, 0.5) is 5.69 Å². The molecule has 0 saturated carbocycles. The summed E-state index contributed by atoms with van der Waals surface area (Å²) in [5, 5.41) is 0. The molecule has 1 unspecified atom stereocenters. The van der Waals surface area contributed by atoms with Crippen molar-refractivity contribution >= 4 is 11.7 Å². The summed E-state index contributed by atoms with van der Waals surface area (Å²) < 4.78 is 4.83. The van der Waals surface area contributed by atoms with Crippen LogP contribution < -0.4 is 10.6 Å². The van der Waals surface area contributed by atoms with E-state index in [-0.39, 0.29) is 12.0 Å². The van der Waals surface area contributed by atoms with E-state index >= 15 is 0 Å². The van der Waals surface area contributed by atoms with Crippen LogP contribution in [0.1, 0.15) is 18.4 Å². The molecule has 0 aliphatic carbocycles. The van der Waals surface area contributed by atoms with E-state index in [0.29, 0.717) is 6.54 Å². The van der Waals surface area contributed by atoms with Gasteiger partial charge in [0.1, 0.15) is 6.04 Å². The number of nitrogens with zero attached hydrogens (tertiary/aromatic N) is 1. The summed E-state index contributed by atoms with van der Waals surface area (Å²) >= 11 is 0. The van der Waals surface area contributed by atoms with Crippen molar-refractivity contribution in [3.8, 4) is 0 Å². The molecule has 1 fully saturated rings. The smallest absolute Gasteiger partial charge is 0.328 e. The first-order valence-corrected chi connectivity index (χ1v) is 5.89. The van der Waals surface area contributed by atoms with E-state index in [1.54, 1.807) is 0 Å². The van der Waals surface area contributed by atoms with Gasteiger partial charge in [-0.2, -0.15) is 0 Å². The third kappa shape index (κ3) is 2.42. The van der Waals surface area contributed by atoms with Crippen LogP contribution in [0.25, 0.3) is 0 Å². The van der Waals surface area contributed by atoms with Gasteiger partial charge in [-0.25, -0.2) is 4.79 Å². The lowest BCUT2D eigenvalue weighted by Gasteiger charge is -2.24. The summed E-state index contributed by atoms with van der Waals surface area (Å²) in [4.78, 5) is 13.7. The number of esters is 1. The molecule has 0 aromatic heterocycles. The number of benzene rings is 1. The van der Waals surface area contributed by atoms with Gasteiger partial charge in [-0.3, -0.25) is 0 Å². The molecule has 0 spiro atoms. The van der Waals surface area contributed by atoms with Crippen molar-refractivity contribution in [2.45, 2.75) is 25.4 Å². The largest absolute Gasteiger partial charge is 0.467 e. The zero-order valence-corrected chi connectivity index (χ0v) is 10.1. The van der Waals surface area contributed by atoms with Crippen LogP contribution in [0.5, 0.6) is 0 Å². The summed E-state index contributed by atoms with van der Waals surface area (Å²) in [7, 11) is 1.44. The van der Waals surface area contributed by atoms with E-state index in [1.807, 2.05) is 24.3 Å². The number of anilines is 1. The molecule has 1 aliphatic rings. The normalized spacial score (nSPS) is 19.4. The number of hydrogen-bond acceptors (Lipinski definition) is 4. The van der Waals surface area contributed by atoms with Crippen molar-refractivity contribution in [3.63, 3.8) is 0 Å². The average molecular weight is 234 g/mol. The molecule has 4 heteroatoms. The Bertz CT molecular complexity index is 389. The lowest BCUT2D eigenvalue weighted by Crippen LogP contribution is -2.36. The molecule has 92 valence electrons. The molecule has 1 aliphatic heterocycles. The highest BCUT2D eigenvalue weighted by atomic mass is 16.5. The Morgan fingerprint density at radius 2 is 2.18 bits per heavy atom. The second-order valence-corrected chi connectivity index (χ2v) is 4.25. The average Bonchev–Trinajstić information content (AvgIpc) is 2.87. The van der Waals surface area contributed by atoms with E-state index < -0.39 is 0 Å². The monoisotopic (exact) mass is 234 g/mol. The Morgan fingerprint density at radius 1 is 1.47 bits per heavy atom. The Balaban J connectivity index is 2.17. The van der Waals surface area contributed by atoms with Crippen LogP contribution in [-0.2, 0) is 16.1 Å². The van der Waals surface area contributed by atoms with E-state index in [1.165, 1.54) is 7.11 Å². The van der Waals surface area contributed by atoms with E-state index in [9.17, 15) is 4.79 Å². The van der Waals surface area contributed by atoms with Gasteiger partial charge in [0.15, 0.2) is 0 Å². The molecule has 1 saturated heterocycles. The van der Waals surface area contributed by atoms with Gasteiger partial charge < -0.3 is 15.4 Å². The number of rotatable bonds is 3. The molecule has 1 aromatic rings. The molecule has 17 heavy (non-hydrogen) atoms. The van der Waals surface area contributed by atoms with Crippen molar-refractivity contribution in [1.82, 2.24) is 0 Å². The molecule has 0 bridgehead atoms. The zero-order valence-electron chi connectivity index (χ0n) is 10.1. The number of methoxy groups -OCH3 is 1. The zero-order chi connectivity index (χ0) is 12.3. The quantitative estimate of drug-likeness (QED) is 0.801. The minimum absolute atomic E-state index is 0.135. The lowest BCUT2D eigenvalue weighted by atomic mass is 10.1. The number of ether oxygens (including phenoxy) is 1. The third-order valence-electron chi connectivity index (χ3n) is 3.23. The summed E-state index contributed by atoms with van der Waals surface area (Å²) in [5.41, 5.74) is 7.73. The van der Waals surface area contributed by atoms with Crippen molar-refractivity contribution < 1.29 is 9.53 Å². The van der Waals surface area contributed by atoms with Crippen molar-refractivity contribution in [2.75, 3.05) is 18.6 Å². The van der Waals surface area contributed by atoms with Crippen LogP contribution in [-0.4, -0.2) is 25.7 Å². The second kappa shape index (κ2) is 5.19. The predicted molar refractivity (Wildman–Crippen MR) is 66.7 cm³/mol. The first-order chi connectivity index (χ1) is 8.26. The number of carbonyl (C=O) groups is 1. The maximum atomic E-state index is 11.6. The van der Waals surface area contributed by atoms with Crippen LogP contribution in [0.15, 0.2) is 24.3 Å². The lowest BCUT2D eigenvalue weighted by molar-refractivity contribution is -0.141. The molecule has 1 atom stereocenters. The van der Waals surface area contributed by atoms with Crippen LogP contribution in [0.3, 0.4) is 0 Å². The molecule has 2 rings (SSSR count). The Hall–Kier alpha value is -1.55. The molecule has 1 heterocycles. The Kier molecular flexibility index (Phi) is 3.64. The summed E-state index contributed by atoms with van der Waals surface area (Å²) in [6, 6.07) is 7.90. The van der Waals surface area contributed by atoms with Crippen LogP contribution in [0, 0.1) is 0 Å². The van der Waals surface area contributed by atoms with Crippen molar-refractivity contribution in [2.24, 2.45) is 5.73 Å². The van der Waals surface area contributed by atoms with E-state index in [2.05, 4.69) is 4.90 Å². The topological polar surface area (TPSA) is 55.6 Å². The van der Waals surface area contributed by atoms with Gasteiger partial charge >= 0.3 is 5.97 Å². The Morgan fingerprint density at radius 3 is 2.76 bits per heavy atom. The van der Waals surface area contributed by atoms with E-state index in [4.69, 9.17) is 10.5 Å².